The number of fused-ring (bicyclic) bond motifs is 2. The van der Waals surface area contributed by atoms with Crippen molar-refractivity contribution < 1.29 is 9.90 Å². The van der Waals surface area contributed by atoms with E-state index in [9.17, 15) is 9.90 Å². The lowest BCUT2D eigenvalue weighted by Crippen LogP contribution is -2.37. The van der Waals surface area contributed by atoms with Crippen LogP contribution in [0.4, 0.5) is 0 Å². The van der Waals surface area contributed by atoms with Crippen LogP contribution in [0, 0.1) is 11.8 Å². The molecule has 0 saturated heterocycles. The average Bonchev–Trinajstić information content (AvgIpc) is 3.80. The molecule has 0 amide bonds. The number of rotatable bonds is 7. The highest BCUT2D eigenvalue weighted by molar-refractivity contribution is 5.74. The molecule has 2 saturated carbocycles. The van der Waals surface area contributed by atoms with E-state index < -0.39 is 6.10 Å². The maximum Gasteiger partial charge on any atom is 0.150 e. The number of aromatic nitrogens is 4. The van der Waals surface area contributed by atoms with Crippen LogP contribution in [0.1, 0.15) is 103 Å². The monoisotopic (exact) mass is 650 g/mol. The molecule has 2 aliphatic heterocycles. The molecule has 2 fully saturated rings. The molecule has 0 spiro atoms. The first-order chi connectivity index (χ1) is 23.7. The lowest BCUT2D eigenvalue weighted by Gasteiger charge is -2.33. The van der Waals surface area contributed by atoms with Crippen molar-refractivity contribution in [1.82, 2.24) is 28.9 Å². The molecule has 8 heteroatoms. The third-order valence-corrected chi connectivity index (χ3v) is 10.6. The zero-order chi connectivity index (χ0) is 33.0. The third-order valence-electron chi connectivity index (χ3n) is 10.6. The van der Waals surface area contributed by atoms with Crippen LogP contribution in [0.5, 0.6) is 0 Å². The number of carbonyl (C=O) groups excluding carboxylic acids is 1. The summed E-state index contributed by atoms with van der Waals surface area (Å²) in [6, 6.07) is 18.9. The summed E-state index contributed by atoms with van der Waals surface area (Å²) in [6.07, 6.45) is 20.4. The number of hydrogen-bond donors (Lipinski definition) is 1. The molecule has 1 unspecified atom stereocenters. The summed E-state index contributed by atoms with van der Waals surface area (Å²) in [5, 5.41) is 10.7. The van der Waals surface area contributed by atoms with Crippen LogP contribution in [-0.4, -0.2) is 66.5 Å². The van der Waals surface area contributed by atoms with Gasteiger partial charge in [-0.15, -0.1) is 0 Å². The Bertz CT molecular complexity index is 1510. The number of benzene rings is 2. The Hall–Kier alpha value is -3.59. The molecule has 4 aromatic rings. The molecule has 4 aliphatic rings. The van der Waals surface area contributed by atoms with Gasteiger partial charge in [0.25, 0.3) is 0 Å². The fourth-order valence-electron chi connectivity index (χ4n) is 7.92. The first kappa shape index (κ1) is 34.3. The molecule has 2 aromatic heterocycles. The SMILES string of the molecule is O=Cc1ccccc1.OC(c1ccccc1)c1ncc2n1CCN(CC1CCCCC1)C2.c1ncn2c1CN(CC1CCCCC1)CC2. The van der Waals surface area contributed by atoms with E-state index in [1.165, 1.54) is 95.2 Å². The number of aliphatic hydroxyl groups is 1. The minimum atomic E-state index is -0.634. The van der Waals surface area contributed by atoms with Crippen LogP contribution in [-0.2, 0) is 26.2 Å². The van der Waals surface area contributed by atoms with Gasteiger partial charge in [0.2, 0.25) is 0 Å². The Morgan fingerprint density at radius 3 is 1.90 bits per heavy atom. The molecule has 256 valence electrons. The van der Waals surface area contributed by atoms with Crippen molar-refractivity contribution in [3.05, 3.63) is 108 Å². The van der Waals surface area contributed by atoms with E-state index in [0.717, 1.165) is 67.8 Å². The quantitative estimate of drug-likeness (QED) is 0.214. The minimum Gasteiger partial charge on any atom is -0.380 e. The lowest BCUT2D eigenvalue weighted by molar-refractivity contribution is 0.112. The second kappa shape index (κ2) is 17.7. The first-order valence-corrected chi connectivity index (χ1v) is 18.4. The van der Waals surface area contributed by atoms with Crippen molar-refractivity contribution in [3.8, 4) is 0 Å². The van der Waals surface area contributed by atoms with Gasteiger partial charge in [0.05, 0.1) is 17.7 Å². The molecular formula is C40H54N6O2. The first-order valence-electron chi connectivity index (χ1n) is 18.4. The predicted octanol–water partition coefficient (Wildman–Crippen LogP) is 7.14. The fourth-order valence-corrected chi connectivity index (χ4v) is 7.92. The Balaban J connectivity index is 0.000000143. The highest BCUT2D eigenvalue weighted by atomic mass is 16.3. The zero-order valence-corrected chi connectivity index (χ0v) is 28.6. The second-order valence-electron chi connectivity index (χ2n) is 14.2. The van der Waals surface area contributed by atoms with E-state index in [1.54, 1.807) is 12.1 Å². The summed E-state index contributed by atoms with van der Waals surface area (Å²) in [6.45, 7) is 8.94. The predicted molar refractivity (Wildman–Crippen MR) is 190 cm³/mol. The maximum atomic E-state index is 10.7. The topological polar surface area (TPSA) is 79.4 Å². The van der Waals surface area contributed by atoms with Gasteiger partial charge in [-0.2, -0.15) is 0 Å². The van der Waals surface area contributed by atoms with Crippen LogP contribution in [0.3, 0.4) is 0 Å². The van der Waals surface area contributed by atoms with Crippen LogP contribution >= 0.6 is 0 Å². The van der Waals surface area contributed by atoms with Gasteiger partial charge in [-0.25, -0.2) is 9.97 Å². The van der Waals surface area contributed by atoms with Crippen molar-refractivity contribution in [3.63, 3.8) is 0 Å². The van der Waals surface area contributed by atoms with E-state index in [-0.39, 0.29) is 0 Å². The largest absolute Gasteiger partial charge is 0.380 e. The summed E-state index contributed by atoms with van der Waals surface area (Å²) in [5.74, 6) is 2.62. The minimum absolute atomic E-state index is 0.634. The summed E-state index contributed by atoms with van der Waals surface area (Å²) >= 11 is 0. The van der Waals surface area contributed by atoms with Gasteiger partial charge in [0.15, 0.2) is 0 Å². The third kappa shape index (κ3) is 9.52. The number of nitrogens with zero attached hydrogens (tertiary/aromatic N) is 6. The Labute approximate surface area is 286 Å². The zero-order valence-electron chi connectivity index (χ0n) is 28.6. The van der Waals surface area contributed by atoms with Gasteiger partial charge in [0, 0.05) is 70.3 Å². The average molecular weight is 651 g/mol. The van der Waals surface area contributed by atoms with Gasteiger partial charge in [-0.3, -0.25) is 14.6 Å². The molecule has 2 aliphatic carbocycles. The fraction of sp³-hybridized carbons (Fsp3) is 0.525. The number of aldehydes is 1. The van der Waals surface area contributed by atoms with Crippen LogP contribution < -0.4 is 0 Å². The smallest absolute Gasteiger partial charge is 0.150 e. The Morgan fingerprint density at radius 1 is 0.708 bits per heavy atom. The molecule has 8 nitrogen and oxygen atoms in total. The molecule has 1 N–H and O–H groups in total. The molecule has 0 bridgehead atoms. The summed E-state index contributed by atoms with van der Waals surface area (Å²) in [5.41, 5.74) is 4.27. The Morgan fingerprint density at radius 2 is 1.29 bits per heavy atom. The van der Waals surface area contributed by atoms with Crippen molar-refractivity contribution in [2.75, 3.05) is 26.2 Å². The standard InChI is InChI=1S/C20H27N3O.C13H21N3.C7H6O/c24-19(17-9-5-2-6-10-17)20-21-13-18-15-22(11-12-23(18)20)14-16-7-3-1-4-8-16;1-2-4-12(5-3-1)9-15-6-7-16-11-14-8-13(16)10-15;8-6-7-4-2-1-3-5-7/h2,5-6,9-10,13,16,19,24H,1,3-4,7-8,11-12,14-15H2;8,11-12H,1-7,9-10H2;1-6H. The van der Waals surface area contributed by atoms with E-state index in [4.69, 9.17) is 0 Å². The van der Waals surface area contributed by atoms with Crippen LogP contribution in [0.15, 0.2) is 79.4 Å². The molecule has 1 atom stereocenters. The summed E-state index contributed by atoms with van der Waals surface area (Å²) in [4.78, 5) is 24.0. The van der Waals surface area contributed by atoms with Gasteiger partial charge in [0.1, 0.15) is 18.2 Å². The normalized spacial score (nSPS) is 19.5. The highest BCUT2D eigenvalue weighted by Crippen LogP contribution is 2.28. The summed E-state index contributed by atoms with van der Waals surface area (Å²) < 4.78 is 4.51. The number of aliphatic hydroxyl groups excluding tert-OH is 1. The van der Waals surface area contributed by atoms with E-state index in [1.807, 2.05) is 67.3 Å². The van der Waals surface area contributed by atoms with Crippen LogP contribution in [0.25, 0.3) is 0 Å². The second-order valence-corrected chi connectivity index (χ2v) is 14.2. The number of imidazole rings is 2. The molecule has 2 aromatic carbocycles. The summed E-state index contributed by atoms with van der Waals surface area (Å²) in [7, 11) is 0. The van der Waals surface area contributed by atoms with Crippen molar-refractivity contribution in [1.29, 1.82) is 0 Å². The highest BCUT2D eigenvalue weighted by Gasteiger charge is 2.26. The molecule has 8 rings (SSSR count). The van der Waals surface area contributed by atoms with Gasteiger partial charge >= 0.3 is 0 Å². The van der Waals surface area contributed by atoms with Gasteiger partial charge < -0.3 is 14.2 Å². The number of hydrogen-bond acceptors (Lipinski definition) is 6. The van der Waals surface area contributed by atoms with Crippen molar-refractivity contribution in [2.45, 2.75) is 96.5 Å². The molecule has 48 heavy (non-hydrogen) atoms. The Kier molecular flexibility index (Phi) is 12.6. The van der Waals surface area contributed by atoms with Gasteiger partial charge in [-0.1, -0.05) is 99.2 Å². The molecule has 0 radical (unpaired) electrons. The molecular weight excluding hydrogens is 596 g/mol. The van der Waals surface area contributed by atoms with E-state index in [0.29, 0.717) is 0 Å². The van der Waals surface area contributed by atoms with Gasteiger partial charge in [-0.05, 0) is 43.1 Å². The van der Waals surface area contributed by atoms with E-state index in [2.05, 4.69) is 28.9 Å². The van der Waals surface area contributed by atoms with Crippen molar-refractivity contribution in [2.24, 2.45) is 11.8 Å². The number of carbonyl (C=O) groups is 1. The molecule has 4 heterocycles. The maximum absolute atomic E-state index is 10.7. The lowest BCUT2D eigenvalue weighted by atomic mass is 9.89. The van der Waals surface area contributed by atoms with E-state index >= 15 is 0 Å². The van der Waals surface area contributed by atoms with Crippen LogP contribution in [0.2, 0.25) is 0 Å². The van der Waals surface area contributed by atoms with Crippen molar-refractivity contribution >= 4 is 6.29 Å².